The molecule has 0 N–H and O–H groups in total. The lowest BCUT2D eigenvalue weighted by molar-refractivity contribution is -0.183. The van der Waals surface area contributed by atoms with E-state index in [0.29, 0.717) is 6.42 Å². The van der Waals surface area contributed by atoms with Crippen molar-refractivity contribution in [2.24, 2.45) is 0 Å². The number of esters is 1. The molecule has 0 unspecified atom stereocenters. The number of Topliss-reactive ketones (excluding diaryl/α,β-unsaturated/α-hetero) is 1. The van der Waals surface area contributed by atoms with Gasteiger partial charge in [-0.1, -0.05) is 64.7 Å². The third-order valence-electron chi connectivity index (χ3n) is 3.17. The van der Waals surface area contributed by atoms with Gasteiger partial charge in [-0.25, -0.2) is 4.79 Å². The van der Waals surface area contributed by atoms with E-state index < -0.39 is 17.9 Å². The Morgan fingerprint density at radius 3 is 1.67 bits per heavy atom. The van der Waals surface area contributed by atoms with Crippen molar-refractivity contribution in [1.29, 1.82) is 0 Å². The first-order valence-corrected chi connectivity index (χ1v) is 7.68. The number of carbonyl (C=O) groups is 2. The van der Waals surface area contributed by atoms with Gasteiger partial charge in [0.2, 0.25) is 0 Å². The Morgan fingerprint density at radius 1 is 0.810 bits per heavy atom. The summed E-state index contributed by atoms with van der Waals surface area (Å²) in [5.41, 5.74) is 0. The average molecular weight is 310 g/mol. The van der Waals surface area contributed by atoms with Crippen LogP contribution in [0.2, 0.25) is 0 Å². The van der Waals surface area contributed by atoms with Crippen LogP contribution in [0.4, 0.5) is 13.2 Å². The summed E-state index contributed by atoms with van der Waals surface area (Å²) in [5.74, 6) is -4.24. The summed E-state index contributed by atoms with van der Waals surface area (Å²) < 4.78 is 39.9. The van der Waals surface area contributed by atoms with Crippen LogP contribution < -0.4 is 0 Å². The van der Waals surface area contributed by atoms with E-state index in [1.807, 2.05) is 0 Å². The molecule has 124 valence electrons. The first kappa shape index (κ1) is 19.9. The molecule has 0 fully saturated rings. The quantitative estimate of drug-likeness (QED) is 0.301. The van der Waals surface area contributed by atoms with Gasteiger partial charge in [-0.05, 0) is 6.42 Å². The molecule has 0 saturated carbocycles. The van der Waals surface area contributed by atoms with Gasteiger partial charge in [-0.15, -0.1) is 0 Å². The Morgan fingerprint density at radius 2 is 1.24 bits per heavy atom. The van der Waals surface area contributed by atoms with E-state index in [2.05, 4.69) is 11.7 Å². The lowest BCUT2D eigenvalue weighted by atomic mass is 10.1. The number of rotatable bonds is 12. The van der Waals surface area contributed by atoms with Crippen LogP contribution >= 0.6 is 0 Å². The molecule has 0 aromatic carbocycles. The van der Waals surface area contributed by atoms with Crippen LogP contribution in [0.5, 0.6) is 0 Å². The second-order valence-corrected chi connectivity index (χ2v) is 5.14. The van der Waals surface area contributed by atoms with Gasteiger partial charge in [0.15, 0.2) is 0 Å². The van der Waals surface area contributed by atoms with Gasteiger partial charge in [-0.3, -0.25) is 4.79 Å². The van der Waals surface area contributed by atoms with E-state index in [9.17, 15) is 22.8 Å². The highest BCUT2D eigenvalue weighted by atomic mass is 19.4. The fraction of sp³-hybridized carbons (Fsp3) is 0.867. The molecule has 21 heavy (non-hydrogen) atoms. The fourth-order valence-corrected chi connectivity index (χ4v) is 1.94. The molecule has 0 saturated heterocycles. The molecule has 0 atom stereocenters. The maximum atomic E-state index is 11.9. The van der Waals surface area contributed by atoms with E-state index in [0.717, 1.165) is 25.7 Å². The molecule has 6 heteroatoms. The molecule has 0 bridgehead atoms. The van der Waals surface area contributed by atoms with Gasteiger partial charge in [-0.2, -0.15) is 13.2 Å². The number of unbranched alkanes of at least 4 members (excludes halogenated alkanes) is 9. The summed E-state index contributed by atoms with van der Waals surface area (Å²) in [7, 11) is 0. The second-order valence-electron chi connectivity index (χ2n) is 5.14. The normalized spacial score (nSPS) is 11.4. The predicted octanol–water partition coefficient (Wildman–Crippen LogP) is 4.58. The third kappa shape index (κ3) is 11.3. The number of ether oxygens (including phenoxy) is 1. The highest BCUT2D eigenvalue weighted by Crippen LogP contribution is 2.16. The summed E-state index contributed by atoms with van der Waals surface area (Å²) in [5, 5.41) is 0. The Hall–Kier alpha value is -1.07. The molecular formula is C15H25F3O3. The van der Waals surface area contributed by atoms with Crippen LogP contribution in [0.25, 0.3) is 0 Å². The van der Waals surface area contributed by atoms with Crippen molar-refractivity contribution >= 4 is 11.8 Å². The van der Waals surface area contributed by atoms with Crippen molar-refractivity contribution < 1.29 is 27.5 Å². The highest BCUT2D eigenvalue weighted by Gasteiger charge is 2.44. The zero-order valence-electron chi connectivity index (χ0n) is 12.6. The topological polar surface area (TPSA) is 43.4 Å². The van der Waals surface area contributed by atoms with Crippen LogP contribution in [-0.2, 0) is 14.3 Å². The summed E-state index contributed by atoms with van der Waals surface area (Å²) in [6.45, 7) is 2.05. The maximum Gasteiger partial charge on any atom is 0.461 e. The number of alkyl halides is 3. The van der Waals surface area contributed by atoms with Crippen LogP contribution in [0.3, 0.4) is 0 Å². The number of hydrogen-bond donors (Lipinski definition) is 0. The van der Waals surface area contributed by atoms with Crippen molar-refractivity contribution in [3.05, 3.63) is 0 Å². The predicted molar refractivity (Wildman–Crippen MR) is 73.9 cm³/mol. The average Bonchev–Trinajstić information content (AvgIpc) is 2.42. The molecule has 0 rings (SSSR count). The molecule has 3 nitrogen and oxygen atoms in total. The molecule has 0 heterocycles. The van der Waals surface area contributed by atoms with Crippen LogP contribution in [0.1, 0.15) is 71.1 Å². The Kier molecular flexibility index (Phi) is 11.0. The van der Waals surface area contributed by atoms with Gasteiger partial charge >= 0.3 is 17.9 Å². The summed E-state index contributed by atoms with van der Waals surface area (Å²) in [6.07, 6.45) is 5.62. The van der Waals surface area contributed by atoms with Crippen molar-refractivity contribution in [2.45, 2.75) is 77.3 Å². The maximum absolute atomic E-state index is 11.9. The first-order valence-electron chi connectivity index (χ1n) is 7.68. The smallest absolute Gasteiger partial charge is 0.460 e. The summed E-state index contributed by atoms with van der Waals surface area (Å²) >= 11 is 0. The third-order valence-corrected chi connectivity index (χ3v) is 3.17. The molecule has 0 aliphatic carbocycles. The minimum atomic E-state index is -5.14. The minimum absolute atomic E-state index is 0.128. The highest BCUT2D eigenvalue weighted by molar-refractivity contribution is 6.35. The van der Waals surface area contributed by atoms with Crippen LogP contribution in [0, 0.1) is 0 Å². The van der Waals surface area contributed by atoms with Gasteiger partial charge in [0.05, 0.1) is 6.61 Å². The Labute approximate surface area is 124 Å². The lowest BCUT2D eigenvalue weighted by Gasteiger charge is -2.06. The fourth-order valence-electron chi connectivity index (χ4n) is 1.94. The van der Waals surface area contributed by atoms with Crippen molar-refractivity contribution in [2.75, 3.05) is 6.61 Å². The van der Waals surface area contributed by atoms with Crippen molar-refractivity contribution in [3.63, 3.8) is 0 Å². The van der Waals surface area contributed by atoms with E-state index in [-0.39, 0.29) is 6.61 Å². The Balaban J connectivity index is 3.37. The molecule has 0 aliphatic rings. The van der Waals surface area contributed by atoms with Crippen molar-refractivity contribution in [1.82, 2.24) is 0 Å². The van der Waals surface area contributed by atoms with Gasteiger partial charge in [0.25, 0.3) is 0 Å². The van der Waals surface area contributed by atoms with Crippen molar-refractivity contribution in [3.8, 4) is 0 Å². The zero-order chi connectivity index (χ0) is 16.1. The number of halogens is 3. The molecular weight excluding hydrogens is 285 g/mol. The van der Waals surface area contributed by atoms with E-state index in [4.69, 9.17) is 0 Å². The lowest BCUT2D eigenvalue weighted by Crippen LogP contribution is -2.32. The number of ketones is 1. The van der Waals surface area contributed by atoms with Gasteiger partial charge in [0, 0.05) is 0 Å². The molecule has 0 radical (unpaired) electrons. The van der Waals surface area contributed by atoms with E-state index in [1.54, 1.807) is 0 Å². The SMILES string of the molecule is CCCCCCCCCCCCOC(=O)C(=O)C(F)(F)F. The summed E-state index contributed by atoms with van der Waals surface area (Å²) in [6, 6.07) is 0. The monoisotopic (exact) mass is 310 g/mol. The minimum Gasteiger partial charge on any atom is -0.460 e. The molecule has 0 spiro atoms. The molecule has 0 aromatic rings. The molecule has 0 amide bonds. The second kappa shape index (κ2) is 11.6. The summed E-state index contributed by atoms with van der Waals surface area (Å²) in [4.78, 5) is 21.2. The number of carbonyl (C=O) groups excluding carboxylic acids is 2. The van der Waals surface area contributed by atoms with Gasteiger partial charge in [0.1, 0.15) is 0 Å². The van der Waals surface area contributed by atoms with Crippen LogP contribution in [0.15, 0.2) is 0 Å². The van der Waals surface area contributed by atoms with E-state index in [1.165, 1.54) is 32.1 Å². The van der Waals surface area contributed by atoms with Crippen LogP contribution in [-0.4, -0.2) is 24.5 Å². The first-order chi connectivity index (χ1) is 9.89. The zero-order valence-corrected chi connectivity index (χ0v) is 12.6. The Bertz CT molecular complexity index is 301. The largest absolute Gasteiger partial charge is 0.461 e. The number of hydrogen-bond acceptors (Lipinski definition) is 3. The van der Waals surface area contributed by atoms with Gasteiger partial charge < -0.3 is 4.74 Å². The molecule has 0 aliphatic heterocycles. The standard InChI is InChI=1S/C15H25F3O3/c1-2-3-4-5-6-7-8-9-10-11-12-21-14(20)13(19)15(16,17)18/h2-12H2,1H3. The molecule has 0 aromatic heterocycles. The van der Waals surface area contributed by atoms with E-state index >= 15 is 0 Å².